The minimum Gasteiger partial charge on any atom is -0.370 e. The maximum atomic E-state index is 5.55. The summed E-state index contributed by atoms with van der Waals surface area (Å²) in [6, 6.07) is 0. The molecular formula is C12H22OS. The van der Waals surface area contributed by atoms with Crippen LogP contribution in [0, 0.1) is 5.92 Å². The minimum atomic E-state index is 0.675. The van der Waals surface area contributed by atoms with E-state index in [0.717, 1.165) is 5.92 Å². The molecule has 1 aliphatic carbocycles. The molecule has 2 heteroatoms. The van der Waals surface area contributed by atoms with Crippen molar-refractivity contribution in [2.75, 3.05) is 11.5 Å². The van der Waals surface area contributed by atoms with Gasteiger partial charge < -0.3 is 4.74 Å². The molecule has 0 aromatic carbocycles. The maximum Gasteiger partial charge on any atom is 0.0844 e. The Labute approximate surface area is 92.0 Å². The molecule has 3 unspecified atom stereocenters. The molecule has 1 nitrogen and oxygen atoms in total. The van der Waals surface area contributed by atoms with Crippen LogP contribution < -0.4 is 0 Å². The van der Waals surface area contributed by atoms with E-state index in [4.69, 9.17) is 4.74 Å². The van der Waals surface area contributed by atoms with Crippen molar-refractivity contribution in [3.05, 3.63) is 0 Å². The highest BCUT2D eigenvalue weighted by Crippen LogP contribution is 2.40. The molecule has 82 valence electrons. The van der Waals surface area contributed by atoms with Gasteiger partial charge in [-0.1, -0.05) is 13.3 Å². The number of fused-ring (bicyclic) bond motifs is 1. The van der Waals surface area contributed by atoms with E-state index in [2.05, 4.69) is 18.7 Å². The molecule has 1 aliphatic heterocycles. The van der Waals surface area contributed by atoms with Crippen molar-refractivity contribution in [3.63, 3.8) is 0 Å². The fourth-order valence-electron chi connectivity index (χ4n) is 2.35. The van der Waals surface area contributed by atoms with Crippen molar-refractivity contribution in [3.8, 4) is 0 Å². The molecule has 3 atom stereocenters. The fraction of sp³-hybridized carbons (Fsp3) is 1.00. The first-order valence-electron chi connectivity index (χ1n) is 6.13. The summed E-state index contributed by atoms with van der Waals surface area (Å²) in [5.74, 6) is 3.72. The number of hydrogen-bond donors (Lipinski definition) is 0. The molecule has 1 heterocycles. The van der Waals surface area contributed by atoms with Gasteiger partial charge in [0.15, 0.2) is 0 Å². The van der Waals surface area contributed by atoms with Gasteiger partial charge in [0, 0.05) is 0 Å². The Balaban J connectivity index is 1.48. The van der Waals surface area contributed by atoms with Gasteiger partial charge in [0.1, 0.15) is 0 Å². The average molecular weight is 214 g/mol. The van der Waals surface area contributed by atoms with E-state index in [-0.39, 0.29) is 0 Å². The van der Waals surface area contributed by atoms with Gasteiger partial charge in [-0.3, -0.25) is 0 Å². The lowest BCUT2D eigenvalue weighted by atomic mass is 9.88. The highest BCUT2D eigenvalue weighted by molar-refractivity contribution is 7.99. The normalized spacial score (nSPS) is 35.4. The first-order chi connectivity index (χ1) is 6.90. The Morgan fingerprint density at radius 3 is 2.93 bits per heavy atom. The average Bonchev–Trinajstić information content (AvgIpc) is 2.95. The van der Waals surface area contributed by atoms with Crippen LogP contribution in [0.1, 0.15) is 45.4 Å². The van der Waals surface area contributed by atoms with Gasteiger partial charge >= 0.3 is 0 Å². The number of epoxide rings is 1. The number of thioether (sulfide) groups is 1. The number of rotatable bonds is 6. The molecular weight excluding hydrogens is 192 g/mol. The van der Waals surface area contributed by atoms with Crippen LogP contribution in [0.5, 0.6) is 0 Å². The largest absolute Gasteiger partial charge is 0.370 e. The van der Waals surface area contributed by atoms with Gasteiger partial charge in [-0.25, -0.2) is 0 Å². The lowest BCUT2D eigenvalue weighted by molar-refractivity contribution is 0.358. The zero-order valence-corrected chi connectivity index (χ0v) is 10.0. The van der Waals surface area contributed by atoms with Crippen LogP contribution in [0.2, 0.25) is 0 Å². The Bertz CT molecular complexity index is 172. The Kier molecular flexibility index (Phi) is 4.18. The molecule has 1 saturated carbocycles. The molecule has 2 fully saturated rings. The Hall–Kier alpha value is 0.310. The molecule has 0 aromatic rings. The Morgan fingerprint density at radius 2 is 2.14 bits per heavy atom. The first kappa shape index (κ1) is 10.8. The van der Waals surface area contributed by atoms with E-state index in [1.54, 1.807) is 0 Å². The summed E-state index contributed by atoms with van der Waals surface area (Å²) in [5.41, 5.74) is 0. The monoisotopic (exact) mass is 214 g/mol. The SMILES string of the molecule is CCCCSCCC1CCC2OC2C1. The minimum absolute atomic E-state index is 0.675. The van der Waals surface area contributed by atoms with E-state index in [9.17, 15) is 0 Å². The zero-order chi connectivity index (χ0) is 9.80. The molecule has 0 N–H and O–H groups in total. The molecule has 2 rings (SSSR count). The first-order valence-corrected chi connectivity index (χ1v) is 7.29. The number of ether oxygens (including phenoxy) is 1. The molecule has 0 radical (unpaired) electrons. The van der Waals surface area contributed by atoms with Gasteiger partial charge in [0.2, 0.25) is 0 Å². The van der Waals surface area contributed by atoms with Crippen LogP contribution in [-0.2, 0) is 4.74 Å². The van der Waals surface area contributed by atoms with Crippen molar-refractivity contribution in [2.45, 2.75) is 57.7 Å². The van der Waals surface area contributed by atoms with E-state index in [0.29, 0.717) is 12.2 Å². The molecule has 0 amide bonds. The van der Waals surface area contributed by atoms with Crippen molar-refractivity contribution in [1.29, 1.82) is 0 Å². The third-order valence-electron chi connectivity index (χ3n) is 3.43. The summed E-state index contributed by atoms with van der Waals surface area (Å²) in [7, 11) is 0. The Morgan fingerprint density at radius 1 is 1.21 bits per heavy atom. The van der Waals surface area contributed by atoms with Crippen molar-refractivity contribution < 1.29 is 4.74 Å². The van der Waals surface area contributed by atoms with Crippen LogP contribution in [0.15, 0.2) is 0 Å². The standard InChI is InChI=1S/C12H22OS/c1-2-3-7-14-8-6-10-4-5-11-12(9-10)13-11/h10-12H,2-9H2,1H3. The van der Waals surface area contributed by atoms with Gasteiger partial charge in [-0.15, -0.1) is 0 Å². The topological polar surface area (TPSA) is 12.5 Å². The van der Waals surface area contributed by atoms with E-state index >= 15 is 0 Å². The van der Waals surface area contributed by atoms with Crippen LogP contribution in [0.4, 0.5) is 0 Å². The van der Waals surface area contributed by atoms with Gasteiger partial charge in [-0.2, -0.15) is 11.8 Å². The van der Waals surface area contributed by atoms with Crippen LogP contribution in [-0.4, -0.2) is 23.7 Å². The smallest absolute Gasteiger partial charge is 0.0844 e. The van der Waals surface area contributed by atoms with Crippen molar-refractivity contribution in [1.82, 2.24) is 0 Å². The highest BCUT2D eigenvalue weighted by atomic mass is 32.2. The summed E-state index contributed by atoms with van der Waals surface area (Å²) in [6.07, 6.45) is 9.65. The van der Waals surface area contributed by atoms with Crippen LogP contribution in [0.3, 0.4) is 0 Å². The molecule has 14 heavy (non-hydrogen) atoms. The number of hydrogen-bond acceptors (Lipinski definition) is 2. The van der Waals surface area contributed by atoms with E-state index < -0.39 is 0 Å². The summed E-state index contributed by atoms with van der Waals surface area (Å²) < 4.78 is 5.55. The molecule has 0 bridgehead atoms. The van der Waals surface area contributed by atoms with Crippen LogP contribution >= 0.6 is 11.8 Å². The van der Waals surface area contributed by atoms with Gasteiger partial charge in [-0.05, 0) is 49.5 Å². The van der Waals surface area contributed by atoms with E-state index in [1.807, 2.05) is 0 Å². The summed E-state index contributed by atoms with van der Waals surface area (Å²) >= 11 is 2.15. The molecule has 0 spiro atoms. The second-order valence-electron chi connectivity index (χ2n) is 4.65. The fourth-order valence-corrected chi connectivity index (χ4v) is 3.54. The van der Waals surface area contributed by atoms with Gasteiger partial charge in [0.25, 0.3) is 0 Å². The zero-order valence-electron chi connectivity index (χ0n) is 9.21. The van der Waals surface area contributed by atoms with Crippen molar-refractivity contribution in [2.24, 2.45) is 5.92 Å². The molecule has 2 aliphatic rings. The van der Waals surface area contributed by atoms with Crippen molar-refractivity contribution >= 4 is 11.8 Å². The predicted octanol–water partition coefficient (Wildman–Crippen LogP) is 3.48. The highest BCUT2D eigenvalue weighted by Gasteiger charge is 2.43. The summed E-state index contributed by atoms with van der Waals surface area (Å²) in [4.78, 5) is 0. The lowest BCUT2D eigenvalue weighted by Gasteiger charge is -2.18. The summed E-state index contributed by atoms with van der Waals surface area (Å²) in [5, 5.41) is 0. The van der Waals surface area contributed by atoms with E-state index in [1.165, 1.54) is 50.0 Å². The molecule has 0 aromatic heterocycles. The maximum absolute atomic E-state index is 5.55. The number of unbranched alkanes of at least 4 members (excludes halogenated alkanes) is 1. The lowest BCUT2D eigenvalue weighted by Crippen LogP contribution is -2.14. The quantitative estimate of drug-likeness (QED) is 0.496. The predicted molar refractivity (Wildman–Crippen MR) is 62.9 cm³/mol. The molecule has 1 saturated heterocycles. The third-order valence-corrected chi connectivity index (χ3v) is 4.53. The summed E-state index contributed by atoms with van der Waals surface area (Å²) in [6.45, 7) is 2.27. The van der Waals surface area contributed by atoms with Crippen LogP contribution in [0.25, 0.3) is 0 Å². The second-order valence-corrected chi connectivity index (χ2v) is 5.87. The second kappa shape index (κ2) is 5.41. The third kappa shape index (κ3) is 3.16. The van der Waals surface area contributed by atoms with Gasteiger partial charge in [0.05, 0.1) is 12.2 Å².